The van der Waals surface area contributed by atoms with Crippen LogP contribution in [0.25, 0.3) is 0 Å². The SMILES string of the molecule is CCOC(=O)CN(c1nccn(C(C)C)c1=O)C(C)C. The van der Waals surface area contributed by atoms with E-state index in [1.54, 1.807) is 28.8 Å². The van der Waals surface area contributed by atoms with Gasteiger partial charge in [0.05, 0.1) is 6.61 Å². The second-order valence-electron chi connectivity index (χ2n) is 5.08. The van der Waals surface area contributed by atoms with Gasteiger partial charge in [-0.1, -0.05) is 0 Å². The zero-order valence-electron chi connectivity index (χ0n) is 12.8. The van der Waals surface area contributed by atoms with E-state index in [1.165, 1.54) is 0 Å². The highest BCUT2D eigenvalue weighted by Crippen LogP contribution is 2.10. The van der Waals surface area contributed by atoms with Crippen molar-refractivity contribution in [1.29, 1.82) is 0 Å². The molecule has 0 aliphatic heterocycles. The first-order chi connectivity index (χ1) is 9.38. The van der Waals surface area contributed by atoms with Crippen LogP contribution in [0.15, 0.2) is 17.2 Å². The molecule has 0 N–H and O–H groups in total. The lowest BCUT2D eigenvalue weighted by Gasteiger charge is -2.26. The predicted molar refractivity (Wildman–Crippen MR) is 78.0 cm³/mol. The topological polar surface area (TPSA) is 64.4 Å². The van der Waals surface area contributed by atoms with Crippen molar-refractivity contribution in [2.45, 2.75) is 46.7 Å². The van der Waals surface area contributed by atoms with Gasteiger partial charge < -0.3 is 14.2 Å². The van der Waals surface area contributed by atoms with E-state index in [2.05, 4.69) is 4.98 Å². The summed E-state index contributed by atoms with van der Waals surface area (Å²) in [7, 11) is 0. The highest BCUT2D eigenvalue weighted by molar-refractivity contribution is 5.75. The molecule has 0 saturated carbocycles. The van der Waals surface area contributed by atoms with Crippen LogP contribution < -0.4 is 10.5 Å². The smallest absolute Gasteiger partial charge is 0.325 e. The Morgan fingerprint density at radius 3 is 2.55 bits per heavy atom. The Balaban J connectivity index is 3.13. The van der Waals surface area contributed by atoms with Crippen molar-refractivity contribution in [3.8, 4) is 0 Å². The number of hydrogen-bond acceptors (Lipinski definition) is 5. The molecule has 0 unspecified atom stereocenters. The van der Waals surface area contributed by atoms with E-state index in [1.807, 2.05) is 27.7 Å². The Kier molecular flexibility index (Phi) is 5.73. The van der Waals surface area contributed by atoms with E-state index in [0.717, 1.165) is 0 Å². The van der Waals surface area contributed by atoms with Crippen molar-refractivity contribution >= 4 is 11.8 Å². The lowest BCUT2D eigenvalue weighted by molar-refractivity contribution is -0.141. The molecule has 1 rings (SSSR count). The summed E-state index contributed by atoms with van der Waals surface area (Å²) in [6, 6.07) is 0.0171. The summed E-state index contributed by atoms with van der Waals surface area (Å²) in [6.07, 6.45) is 3.23. The van der Waals surface area contributed by atoms with Crippen LogP contribution >= 0.6 is 0 Å². The average Bonchev–Trinajstić information content (AvgIpc) is 2.36. The first-order valence-electron chi connectivity index (χ1n) is 6.87. The molecule has 0 spiro atoms. The summed E-state index contributed by atoms with van der Waals surface area (Å²) < 4.78 is 6.54. The normalized spacial score (nSPS) is 10.9. The van der Waals surface area contributed by atoms with Gasteiger partial charge in [0.2, 0.25) is 0 Å². The van der Waals surface area contributed by atoms with E-state index >= 15 is 0 Å². The Morgan fingerprint density at radius 1 is 1.40 bits per heavy atom. The first kappa shape index (κ1) is 16.2. The van der Waals surface area contributed by atoms with Gasteiger partial charge >= 0.3 is 5.97 Å². The van der Waals surface area contributed by atoms with Gasteiger partial charge in [-0.3, -0.25) is 9.59 Å². The molecule has 20 heavy (non-hydrogen) atoms. The summed E-state index contributed by atoms with van der Waals surface area (Å²) in [5.41, 5.74) is -0.194. The minimum atomic E-state index is -0.359. The van der Waals surface area contributed by atoms with Crippen molar-refractivity contribution in [2.75, 3.05) is 18.1 Å². The monoisotopic (exact) mass is 281 g/mol. The number of rotatable bonds is 6. The number of aromatic nitrogens is 2. The maximum absolute atomic E-state index is 12.4. The van der Waals surface area contributed by atoms with Gasteiger partial charge in [0.25, 0.3) is 5.56 Å². The molecule has 0 radical (unpaired) electrons. The molecule has 6 heteroatoms. The first-order valence-corrected chi connectivity index (χ1v) is 6.87. The summed E-state index contributed by atoms with van der Waals surface area (Å²) in [5, 5.41) is 0. The summed E-state index contributed by atoms with van der Waals surface area (Å²) in [6.45, 7) is 9.77. The minimum absolute atomic E-state index is 0.0237. The molecular formula is C14H23N3O3. The molecule has 6 nitrogen and oxygen atoms in total. The Bertz CT molecular complexity index is 509. The maximum Gasteiger partial charge on any atom is 0.325 e. The third-order valence-electron chi connectivity index (χ3n) is 2.91. The molecule has 0 saturated heterocycles. The van der Waals surface area contributed by atoms with Gasteiger partial charge in [-0.25, -0.2) is 4.98 Å². The molecule has 0 amide bonds. The average molecular weight is 281 g/mol. The van der Waals surface area contributed by atoms with Gasteiger partial charge in [0.15, 0.2) is 5.82 Å². The van der Waals surface area contributed by atoms with Crippen molar-refractivity contribution in [3.05, 3.63) is 22.7 Å². The standard InChI is InChI=1S/C14H23N3O3/c1-6-20-12(18)9-17(11(4)5)13-14(19)16(10(2)3)8-7-15-13/h7-8,10-11H,6,9H2,1-5H3. The number of hydrogen-bond donors (Lipinski definition) is 0. The fraction of sp³-hybridized carbons (Fsp3) is 0.643. The molecule has 1 aromatic heterocycles. The molecular weight excluding hydrogens is 258 g/mol. The number of carbonyl (C=O) groups excluding carboxylic acids is 1. The third-order valence-corrected chi connectivity index (χ3v) is 2.91. The van der Waals surface area contributed by atoms with Crippen LogP contribution in [0.5, 0.6) is 0 Å². The zero-order valence-corrected chi connectivity index (χ0v) is 12.8. The molecule has 0 fully saturated rings. The van der Waals surface area contributed by atoms with Gasteiger partial charge in [-0.2, -0.15) is 0 Å². The molecule has 0 atom stereocenters. The third kappa shape index (κ3) is 3.82. The highest BCUT2D eigenvalue weighted by Gasteiger charge is 2.20. The lowest BCUT2D eigenvalue weighted by Crippen LogP contribution is -2.41. The van der Waals surface area contributed by atoms with Crippen LogP contribution in [0.4, 0.5) is 5.82 Å². The Hall–Kier alpha value is -1.85. The molecule has 1 heterocycles. The van der Waals surface area contributed by atoms with Crippen molar-refractivity contribution in [2.24, 2.45) is 0 Å². The van der Waals surface area contributed by atoms with E-state index in [9.17, 15) is 9.59 Å². The molecule has 0 bridgehead atoms. The van der Waals surface area contributed by atoms with Gasteiger partial charge in [-0.15, -0.1) is 0 Å². The number of anilines is 1. The van der Waals surface area contributed by atoms with Crippen LogP contribution in [-0.2, 0) is 9.53 Å². The van der Waals surface area contributed by atoms with Gasteiger partial charge in [0.1, 0.15) is 6.54 Å². The molecule has 112 valence electrons. The molecule has 0 aromatic carbocycles. The summed E-state index contributed by atoms with van der Waals surface area (Å²) >= 11 is 0. The van der Waals surface area contributed by atoms with Crippen molar-refractivity contribution in [1.82, 2.24) is 9.55 Å². The van der Waals surface area contributed by atoms with E-state index < -0.39 is 0 Å². The summed E-state index contributed by atoms with van der Waals surface area (Å²) in [4.78, 5) is 29.9. The Labute approximate surface area is 119 Å². The van der Waals surface area contributed by atoms with Crippen LogP contribution in [0.3, 0.4) is 0 Å². The maximum atomic E-state index is 12.4. The lowest BCUT2D eigenvalue weighted by atomic mass is 10.3. The van der Waals surface area contributed by atoms with E-state index in [-0.39, 0.29) is 36.0 Å². The highest BCUT2D eigenvalue weighted by atomic mass is 16.5. The van der Waals surface area contributed by atoms with E-state index in [4.69, 9.17) is 4.74 Å². The zero-order chi connectivity index (χ0) is 15.3. The molecule has 0 aliphatic rings. The number of ether oxygens (including phenoxy) is 1. The van der Waals surface area contributed by atoms with Crippen LogP contribution in [-0.4, -0.2) is 34.7 Å². The fourth-order valence-electron chi connectivity index (χ4n) is 1.87. The van der Waals surface area contributed by atoms with Crippen LogP contribution in [0.1, 0.15) is 40.7 Å². The summed E-state index contributed by atoms with van der Waals surface area (Å²) in [5.74, 6) is -0.0772. The van der Waals surface area contributed by atoms with Crippen molar-refractivity contribution < 1.29 is 9.53 Å². The largest absolute Gasteiger partial charge is 0.465 e. The van der Waals surface area contributed by atoms with Crippen molar-refractivity contribution in [3.63, 3.8) is 0 Å². The fourth-order valence-corrected chi connectivity index (χ4v) is 1.87. The van der Waals surface area contributed by atoms with Crippen LogP contribution in [0.2, 0.25) is 0 Å². The second-order valence-corrected chi connectivity index (χ2v) is 5.08. The quantitative estimate of drug-likeness (QED) is 0.741. The number of nitrogens with zero attached hydrogens (tertiary/aromatic N) is 3. The van der Waals surface area contributed by atoms with E-state index in [0.29, 0.717) is 6.61 Å². The number of esters is 1. The van der Waals surface area contributed by atoms with Crippen LogP contribution in [0, 0.1) is 0 Å². The number of carbonyl (C=O) groups is 1. The Morgan fingerprint density at radius 2 is 2.05 bits per heavy atom. The minimum Gasteiger partial charge on any atom is -0.465 e. The van der Waals surface area contributed by atoms with Gasteiger partial charge in [0, 0.05) is 24.5 Å². The predicted octanol–water partition coefficient (Wildman–Crippen LogP) is 1.60. The van der Waals surface area contributed by atoms with Gasteiger partial charge in [-0.05, 0) is 34.6 Å². The molecule has 1 aromatic rings. The molecule has 0 aliphatic carbocycles. The second kappa shape index (κ2) is 7.07.